The summed E-state index contributed by atoms with van der Waals surface area (Å²) in [6.07, 6.45) is 16.0. The molecule has 0 saturated carbocycles. The molecule has 0 aliphatic carbocycles. The maximum Gasteiger partial charge on any atom is 0.508 e. The van der Waals surface area contributed by atoms with Crippen LogP contribution < -0.4 is 24.5 Å². The van der Waals surface area contributed by atoms with Crippen LogP contribution in [0.1, 0.15) is 96.6 Å². The molecular weight excluding hydrogens is 1100 g/mol. The van der Waals surface area contributed by atoms with E-state index in [9.17, 15) is 14.9 Å². The number of rotatable bonds is 12. The van der Waals surface area contributed by atoms with Gasteiger partial charge in [-0.15, -0.1) is 0 Å². The van der Waals surface area contributed by atoms with Gasteiger partial charge in [0.1, 0.15) is 69.8 Å². The first kappa shape index (κ1) is 58.5. The van der Waals surface area contributed by atoms with Gasteiger partial charge >= 0.3 is 7.12 Å². The zero-order valence-corrected chi connectivity index (χ0v) is 47.1. The molecule has 0 atom stereocenters. The Hall–Kier alpha value is -8.71. The van der Waals surface area contributed by atoms with Crippen molar-refractivity contribution in [3.05, 3.63) is 113 Å². The zero-order valence-electron chi connectivity index (χ0n) is 46.4. The van der Waals surface area contributed by atoms with Crippen LogP contribution in [0.5, 0.6) is 23.0 Å². The lowest BCUT2D eigenvalue weighted by molar-refractivity contribution is 0.0251. The Morgan fingerprint density at radius 1 is 0.595 bits per heavy atom. The van der Waals surface area contributed by atoms with E-state index in [-0.39, 0.29) is 41.0 Å². The van der Waals surface area contributed by atoms with Gasteiger partial charge in [0.05, 0.1) is 68.1 Å². The van der Waals surface area contributed by atoms with Crippen molar-refractivity contribution in [1.29, 1.82) is 10.5 Å². The number of piperidine rings is 2. The summed E-state index contributed by atoms with van der Waals surface area (Å²) < 4.78 is 45.6. The number of amides is 2. The Bertz CT molecular complexity index is 3710. The molecular formula is C60H60BClN10O12. The molecule has 22 nitrogen and oxygen atoms in total. The van der Waals surface area contributed by atoms with Crippen LogP contribution in [0, 0.1) is 22.7 Å². The van der Waals surface area contributed by atoms with E-state index in [0.717, 1.165) is 84.0 Å². The summed E-state index contributed by atoms with van der Waals surface area (Å²) in [6.45, 7) is 5.62. The highest BCUT2D eigenvalue weighted by Gasteiger charge is 2.26. The van der Waals surface area contributed by atoms with Crippen molar-refractivity contribution < 1.29 is 56.9 Å². The van der Waals surface area contributed by atoms with Crippen LogP contribution in [0.4, 0.5) is 0 Å². The molecule has 4 aliphatic rings. The molecule has 2 N–H and O–H groups in total. The van der Waals surface area contributed by atoms with Gasteiger partial charge in [-0.05, 0) is 74.9 Å². The van der Waals surface area contributed by atoms with E-state index in [1.807, 2.05) is 21.9 Å². The highest BCUT2D eigenvalue weighted by molar-refractivity contribution is 6.57. The second-order valence-electron chi connectivity index (χ2n) is 20.1. The van der Waals surface area contributed by atoms with Crippen molar-refractivity contribution in [3.8, 4) is 69.0 Å². The number of aromatic nitrogens is 6. The number of furan rings is 2. The van der Waals surface area contributed by atoms with Gasteiger partial charge in [-0.2, -0.15) is 10.5 Å². The van der Waals surface area contributed by atoms with Gasteiger partial charge in [0.15, 0.2) is 34.1 Å². The largest absolute Gasteiger partial charge is 0.508 e. The number of nitriles is 2. The first-order valence-electron chi connectivity index (χ1n) is 27.8. The molecule has 24 heteroatoms. The molecule has 0 aromatic carbocycles. The summed E-state index contributed by atoms with van der Waals surface area (Å²) in [5, 5.41) is 37.2. The van der Waals surface area contributed by atoms with Crippen molar-refractivity contribution in [3.63, 3.8) is 0 Å². The smallest absolute Gasteiger partial charge is 0.496 e. The number of likely N-dealkylation sites (tertiary alicyclic amines) is 2. The Labute approximate surface area is 489 Å². The number of hydrogen-bond acceptors (Lipinski definition) is 20. The number of carbonyl (C=O) groups is 2. The maximum absolute atomic E-state index is 13.0. The van der Waals surface area contributed by atoms with Crippen LogP contribution in [0.2, 0.25) is 5.02 Å². The van der Waals surface area contributed by atoms with Gasteiger partial charge in [-0.3, -0.25) is 29.5 Å². The van der Waals surface area contributed by atoms with Crippen LogP contribution in [0.3, 0.4) is 0 Å². The van der Waals surface area contributed by atoms with Crippen LogP contribution in [0.15, 0.2) is 94.3 Å². The van der Waals surface area contributed by atoms with Crippen molar-refractivity contribution in [2.45, 2.75) is 76.4 Å². The van der Waals surface area contributed by atoms with Crippen LogP contribution in [0.25, 0.3) is 56.1 Å². The average molecular weight is 1160 g/mol. The predicted molar refractivity (Wildman–Crippen MR) is 308 cm³/mol. The molecule has 84 heavy (non-hydrogen) atoms. The van der Waals surface area contributed by atoms with E-state index >= 15 is 0 Å². The summed E-state index contributed by atoms with van der Waals surface area (Å²) in [7, 11) is 1.42. The van der Waals surface area contributed by atoms with Crippen LogP contribution in [-0.4, -0.2) is 148 Å². The van der Waals surface area contributed by atoms with E-state index in [2.05, 4.69) is 36.0 Å². The zero-order chi connectivity index (χ0) is 58.5. The van der Waals surface area contributed by atoms with Gasteiger partial charge < -0.3 is 57.1 Å². The quantitative estimate of drug-likeness (QED) is 0.109. The SMILES string of the molecule is COc1cc(C(=O)N2CCCCC2)ncc1-c1cc2nccc(-c3ccc(OC4CCOCC4)c(C#N)n3)c2o1.COc1cc(C(=O)N2CCCCC2)ncc1-c1cc2nccc(Cl)c2o1.N#Cc1nc(B(O)O)ccc1OC1CCOCC1. The van der Waals surface area contributed by atoms with E-state index in [0.29, 0.717) is 122 Å². The molecule has 4 saturated heterocycles. The summed E-state index contributed by atoms with van der Waals surface area (Å²) in [5.74, 6) is 2.71. The molecule has 8 aromatic rings. The van der Waals surface area contributed by atoms with E-state index in [1.54, 1.807) is 81.5 Å². The van der Waals surface area contributed by atoms with Gasteiger partial charge in [0.25, 0.3) is 11.8 Å². The molecule has 0 unspecified atom stereocenters. The molecule has 0 spiro atoms. The molecule has 2 amide bonds. The molecule has 4 fully saturated rings. The summed E-state index contributed by atoms with van der Waals surface area (Å²) >= 11 is 6.15. The number of halogens is 1. The number of nitrogens with zero attached hydrogens (tertiary/aromatic N) is 10. The van der Waals surface area contributed by atoms with Gasteiger partial charge in [0.2, 0.25) is 0 Å². The van der Waals surface area contributed by atoms with Crippen molar-refractivity contribution >= 4 is 58.3 Å². The van der Waals surface area contributed by atoms with E-state index in [1.165, 1.54) is 18.6 Å². The van der Waals surface area contributed by atoms with Gasteiger partial charge in [-0.1, -0.05) is 11.6 Å². The summed E-state index contributed by atoms with van der Waals surface area (Å²) in [6, 6.07) is 21.0. The summed E-state index contributed by atoms with van der Waals surface area (Å²) in [5.41, 5.74) is 5.83. The molecule has 0 bridgehead atoms. The van der Waals surface area contributed by atoms with E-state index < -0.39 is 7.12 Å². The van der Waals surface area contributed by atoms with E-state index in [4.69, 9.17) is 64.2 Å². The first-order valence-corrected chi connectivity index (χ1v) is 28.2. The lowest BCUT2D eigenvalue weighted by atomic mass is 9.85. The number of pyridine rings is 6. The molecule has 12 heterocycles. The number of ether oxygens (including phenoxy) is 6. The number of carbonyl (C=O) groups excluding carboxylic acids is 2. The number of hydrogen-bond donors (Lipinski definition) is 2. The fraction of sp³-hybridized carbons (Fsp3) is 0.367. The Balaban J connectivity index is 0.000000153. The Morgan fingerprint density at radius 3 is 1.56 bits per heavy atom. The van der Waals surface area contributed by atoms with Gasteiger partial charge in [-0.25, -0.2) is 9.97 Å². The normalized spacial score (nSPS) is 15.6. The van der Waals surface area contributed by atoms with Gasteiger partial charge in [0, 0.05) is 106 Å². The highest BCUT2D eigenvalue weighted by atomic mass is 35.5. The maximum atomic E-state index is 13.0. The third-order valence-corrected chi connectivity index (χ3v) is 14.9. The summed E-state index contributed by atoms with van der Waals surface area (Å²) in [4.78, 5) is 55.3. The molecule has 12 rings (SSSR count). The average Bonchev–Trinajstić information content (AvgIpc) is 4.20. The predicted octanol–water partition coefficient (Wildman–Crippen LogP) is 8.38. The Morgan fingerprint density at radius 2 is 1.07 bits per heavy atom. The number of fused-ring (bicyclic) bond motifs is 2. The monoisotopic (exact) mass is 1160 g/mol. The van der Waals surface area contributed by atoms with Crippen molar-refractivity contribution in [1.82, 2.24) is 39.7 Å². The minimum Gasteiger partial charge on any atom is -0.496 e. The minimum absolute atomic E-state index is 0.00103. The third-order valence-electron chi connectivity index (χ3n) is 14.6. The standard InChI is InChI=1S/C30H29N5O5.C19H18ClN3O3.C11H13BN2O4/c1-37-27-16-24(30(36)35-11-3-2-4-12-35)33-18-21(27)28-15-23-29(40-28)20(7-10-32-23)22-5-6-26(25(17-31)34-22)39-19-8-13-38-14-9-19;1-25-16-10-15(19(24)23-7-3-2-4-8-23)22-11-12(16)17-9-14-18(26-17)13(20)5-6-21-14;13-7-9-10(1-2-11(14-9)12(15)16)18-8-3-5-17-6-4-8/h5-7,10,15-16,18-19H,2-4,8-9,11-14H2,1H3;5-6,9-11H,2-4,7-8H2,1H3;1-2,8,15-16H,3-6H2. The van der Waals surface area contributed by atoms with Crippen LogP contribution in [-0.2, 0) is 9.47 Å². The highest BCUT2D eigenvalue weighted by Crippen LogP contribution is 2.39. The molecule has 0 radical (unpaired) electrons. The molecule has 8 aromatic heterocycles. The minimum atomic E-state index is -1.69. The fourth-order valence-corrected chi connectivity index (χ4v) is 10.3. The lowest BCUT2D eigenvalue weighted by Gasteiger charge is -2.26. The Kier molecular flexibility index (Phi) is 19.2. The van der Waals surface area contributed by atoms with Crippen molar-refractivity contribution in [2.24, 2.45) is 0 Å². The third kappa shape index (κ3) is 13.7. The van der Waals surface area contributed by atoms with Crippen LogP contribution >= 0.6 is 11.6 Å². The second kappa shape index (κ2) is 27.6. The fourth-order valence-electron chi connectivity index (χ4n) is 10.1. The lowest BCUT2D eigenvalue weighted by Crippen LogP contribution is -2.36. The first-order chi connectivity index (χ1) is 41.0. The molecule has 4 aliphatic heterocycles. The molecule has 432 valence electrons. The van der Waals surface area contributed by atoms with Crippen molar-refractivity contribution in [2.75, 3.05) is 66.8 Å². The number of methoxy groups -OCH3 is 2. The topological polar surface area (TPSA) is 288 Å². The second-order valence-corrected chi connectivity index (χ2v) is 20.5.